The van der Waals surface area contributed by atoms with Gasteiger partial charge in [0.25, 0.3) is 5.91 Å². The Morgan fingerprint density at radius 3 is 2.36 bits per heavy atom. The molecule has 0 unspecified atom stereocenters. The van der Waals surface area contributed by atoms with Crippen LogP contribution in [0.4, 0.5) is 0 Å². The van der Waals surface area contributed by atoms with E-state index in [9.17, 15) is 4.79 Å². The maximum Gasteiger partial charge on any atom is 0.251 e. The van der Waals surface area contributed by atoms with E-state index in [2.05, 4.69) is 29.6 Å². The molecule has 3 nitrogen and oxygen atoms in total. The molecule has 1 saturated carbocycles. The zero-order chi connectivity index (χ0) is 15.4. The molecule has 2 aromatic rings. The molecule has 0 spiro atoms. The van der Waals surface area contributed by atoms with Gasteiger partial charge in [-0.25, -0.2) is 0 Å². The lowest BCUT2D eigenvalue weighted by Gasteiger charge is -2.16. The number of ether oxygens (including phenoxy) is 1. The molecular weight excluding hydrogens is 274 g/mol. The lowest BCUT2D eigenvalue weighted by atomic mass is 9.96. The summed E-state index contributed by atoms with van der Waals surface area (Å²) in [4.78, 5) is 12.3. The number of nitrogens with one attached hydrogen (secondary N) is 1. The highest BCUT2D eigenvalue weighted by Gasteiger charge is 2.44. The van der Waals surface area contributed by atoms with Crippen LogP contribution in [-0.2, 0) is 5.41 Å². The van der Waals surface area contributed by atoms with Crippen LogP contribution in [0.25, 0.3) is 0 Å². The van der Waals surface area contributed by atoms with Gasteiger partial charge in [-0.15, -0.1) is 0 Å². The summed E-state index contributed by atoms with van der Waals surface area (Å²) in [6.07, 6.45) is 2.28. The second kappa shape index (κ2) is 6.22. The van der Waals surface area contributed by atoms with Crippen molar-refractivity contribution in [3.63, 3.8) is 0 Å². The van der Waals surface area contributed by atoms with Crippen molar-refractivity contribution >= 4 is 5.91 Å². The molecular formula is C19H21NO2. The van der Waals surface area contributed by atoms with Crippen molar-refractivity contribution < 1.29 is 9.53 Å². The molecule has 1 aliphatic rings. The molecule has 0 bridgehead atoms. The Hall–Kier alpha value is -2.29. The third-order valence-corrected chi connectivity index (χ3v) is 4.25. The highest BCUT2D eigenvalue weighted by atomic mass is 16.5. The van der Waals surface area contributed by atoms with Crippen LogP contribution >= 0.6 is 0 Å². The SMILES string of the molecule is CCOc1ccc(C(=O)NCC2(c3ccccc3)CC2)cc1. The molecule has 114 valence electrons. The quantitative estimate of drug-likeness (QED) is 0.885. The fourth-order valence-corrected chi connectivity index (χ4v) is 2.73. The van der Waals surface area contributed by atoms with Gasteiger partial charge in [0.2, 0.25) is 0 Å². The molecule has 0 saturated heterocycles. The smallest absolute Gasteiger partial charge is 0.251 e. The summed E-state index contributed by atoms with van der Waals surface area (Å²) < 4.78 is 5.39. The molecule has 0 aromatic heterocycles. The molecule has 0 heterocycles. The minimum atomic E-state index is -0.0229. The van der Waals surface area contributed by atoms with Crippen LogP contribution in [0.1, 0.15) is 35.7 Å². The highest BCUT2D eigenvalue weighted by molar-refractivity contribution is 5.94. The third-order valence-electron chi connectivity index (χ3n) is 4.25. The van der Waals surface area contributed by atoms with Gasteiger partial charge in [0.05, 0.1) is 6.61 Å². The van der Waals surface area contributed by atoms with Gasteiger partial charge < -0.3 is 10.1 Å². The lowest BCUT2D eigenvalue weighted by Crippen LogP contribution is -2.32. The monoisotopic (exact) mass is 295 g/mol. The molecule has 22 heavy (non-hydrogen) atoms. The topological polar surface area (TPSA) is 38.3 Å². The van der Waals surface area contributed by atoms with Gasteiger partial charge in [-0.05, 0) is 49.6 Å². The van der Waals surface area contributed by atoms with E-state index in [1.165, 1.54) is 5.56 Å². The van der Waals surface area contributed by atoms with Crippen molar-refractivity contribution in [3.8, 4) is 5.75 Å². The van der Waals surface area contributed by atoms with Crippen LogP contribution in [0.15, 0.2) is 54.6 Å². The maximum absolute atomic E-state index is 12.3. The molecule has 1 aliphatic carbocycles. The average molecular weight is 295 g/mol. The van der Waals surface area contributed by atoms with Crippen LogP contribution < -0.4 is 10.1 Å². The number of benzene rings is 2. The largest absolute Gasteiger partial charge is 0.494 e. The molecule has 2 aromatic carbocycles. The predicted octanol–water partition coefficient (Wildman–Crippen LogP) is 3.55. The first-order valence-corrected chi connectivity index (χ1v) is 7.80. The number of carbonyl (C=O) groups excluding carboxylic acids is 1. The van der Waals surface area contributed by atoms with Gasteiger partial charge in [-0.3, -0.25) is 4.79 Å². The summed E-state index contributed by atoms with van der Waals surface area (Å²) in [7, 11) is 0. The second-order valence-corrected chi connectivity index (χ2v) is 5.79. The van der Waals surface area contributed by atoms with Gasteiger partial charge >= 0.3 is 0 Å². The van der Waals surface area contributed by atoms with E-state index in [0.717, 1.165) is 18.6 Å². The van der Waals surface area contributed by atoms with E-state index < -0.39 is 0 Å². The molecule has 1 fully saturated rings. The number of hydrogen-bond donors (Lipinski definition) is 1. The summed E-state index contributed by atoms with van der Waals surface area (Å²) in [5.74, 6) is 0.771. The molecule has 3 heteroatoms. The average Bonchev–Trinajstić information content (AvgIpc) is 3.36. The summed E-state index contributed by atoms with van der Waals surface area (Å²) >= 11 is 0. The Labute approximate surface area is 131 Å². The van der Waals surface area contributed by atoms with Crippen molar-refractivity contribution in [3.05, 3.63) is 65.7 Å². The number of amides is 1. The van der Waals surface area contributed by atoms with Gasteiger partial charge in [-0.1, -0.05) is 30.3 Å². The molecule has 0 radical (unpaired) electrons. The van der Waals surface area contributed by atoms with Crippen molar-refractivity contribution in [2.24, 2.45) is 0 Å². The Morgan fingerprint density at radius 1 is 1.09 bits per heavy atom. The van der Waals surface area contributed by atoms with Crippen molar-refractivity contribution in [2.45, 2.75) is 25.2 Å². The summed E-state index contributed by atoms with van der Waals surface area (Å²) in [6.45, 7) is 3.27. The lowest BCUT2D eigenvalue weighted by molar-refractivity contribution is 0.0949. The number of hydrogen-bond acceptors (Lipinski definition) is 2. The first-order chi connectivity index (χ1) is 10.7. The zero-order valence-corrected chi connectivity index (χ0v) is 12.8. The van der Waals surface area contributed by atoms with Gasteiger partial charge in [-0.2, -0.15) is 0 Å². The van der Waals surface area contributed by atoms with Crippen LogP contribution in [0.5, 0.6) is 5.75 Å². The molecule has 1 amide bonds. The first kappa shape index (κ1) is 14.6. The van der Waals surface area contributed by atoms with Crippen LogP contribution in [-0.4, -0.2) is 19.1 Å². The standard InChI is InChI=1S/C19H21NO2/c1-2-22-17-10-8-15(9-11-17)18(21)20-14-19(12-13-19)16-6-4-3-5-7-16/h3-11H,2,12-14H2,1H3,(H,20,21). The maximum atomic E-state index is 12.3. The number of rotatable bonds is 6. The highest BCUT2D eigenvalue weighted by Crippen LogP contribution is 2.47. The van der Waals surface area contributed by atoms with Gasteiger partial charge in [0.1, 0.15) is 5.75 Å². The Morgan fingerprint density at radius 2 is 1.77 bits per heavy atom. The molecule has 0 aliphatic heterocycles. The Kier molecular flexibility index (Phi) is 4.14. The van der Waals surface area contributed by atoms with E-state index in [0.29, 0.717) is 18.7 Å². The van der Waals surface area contributed by atoms with E-state index >= 15 is 0 Å². The Bertz CT molecular complexity index is 630. The summed E-state index contributed by atoms with van der Waals surface area (Å²) in [5, 5.41) is 3.07. The minimum Gasteiger partial charge on any atom is -0.494 e. The van der Waals surface area contributed by atoms with E-state index in [1.54, 1.807) is 0 Å². The predicted molar refractivity (Wildman–Crippen MR) is 87.3 cm³/mol. The second-order valence-electron chi connectivity index (χ2n) is 5.79. The molecule has 0 atom stereocenters. The number of carbonyl (C=O) groups is 1. The van der Waals surface area contributed by atoms with Crippen molar-refractivity contribution in [1.82, 2.24) is 5.32 Å². The van der Waals surface area contributed by atoms with Crippen molar-refractivity contribution in [1.29, 1.82) is 0 Å². The van der Waals surface area contributed by atoms with Gasteiger partial charge in [0, 0.05) is 17.5 Å². The van der Waals surface area contributed by atoms with E-state index in [1.807, 2.05) is 37.3 Å². The van der Waals surface area contributed by atoms with Gasteiger partial charge in [0.15, 0.2) is 0 Å². The fraction of sp³-hybridized carbons (Fsp3) is 0.316. The summed E-state index contributed by atoms with van der Waals surface area (Å²) in [6, 6.07) is 17.7. The minimum absolute atomic E-state index is 0.0229. The Balaban J connectivity index is 1.61. The van der Waals surface area contributed by atoms with Crippen LogP contribution in [0.3, 0.4) is 0 Å². The van der Waals surface area contributed by atoms with Crippen LogP contribution in [0.2, 0.25) is 0 Å². The first-order valence-electron chi connectivity index (χ1n) is 7.80. The zero-order valence-electron chi connectivity index (χ0n) is 12.8. The van der Waals surface area contributed by atoms with Crippen LogP contribution in [0, 0.1) is 0 Å². The third kappa shape index (κ3) is 3.14. The normalized spacial score (nSPS) is 15.1. The molecule has 3 rings (SSSR count). The van der Waals surface area contributed by atoms with Crippen molar-refractivity contribution in [2.75, 3.05) is 13.2 Å². The van der Waals surface area contributed by atoms with E-state index in [4.69, 9.17) is 4.74 Å². The molecule has 1 N–H and O–H groups in total. The fourth-order valence-electron chi connectivity index (χ4n) is 2.73. The van der Waals surface area contributed by atoms with E-state index in [-0.39, 0.29) is 11.3 Å². The summed E-state index contributed by atoms with van der Waals surface area (Å²) in [5.41, 5.74) is 2.14.